The number of rotatable bonds is 3. The molecule has 1 aromatic carbocycles. The fraction of sp³-hybridized carbons (Fsp3) is 0.182. The molecule has 0 saturated carbocycles. The number of nitrogens with two attached hydrogens (primary N) is 1. The molecule has 0 atom stereocenters. The highest BCUT2D eigenvalue weighted by atomic mass is 32.2. The van der Waals surface area contributed by atoms with Crippen LogP contribution in [-0.4, -0.2) is 25.0 Å². The number of para-hydroxylation sites is 1. The highest BCUT2D eigenvalue weighted by Crippen LogP contribution is 2.24. The van der Waals surface area contributed by atoms with E-state index in [4.69, 9.17) is 5.73 Å². The van der Waals surface area contributed by atoms with E-state index in [2.05, 4.69) is 4.98 Å². The molecule has 1 heterocycles. The Hall–Kier alpha value is -2.02. The average molecular weight is 266 g/mol. The number of aryl methyl sites for hydroxylation is 1. The second-order valence-electron chi connectivity index (χ2n) is 3.85. The predicted molar refractivity (Wildman–Crippen MR) is 69.7 cm³/mol. The van der Waals surface area contributed by atoms with Crippen molar-refractivity contribution in [3.8, 4) is 0 Å². The molecule has 0 aliphatic rings. The van der Waals surface area contributed by atoms with E-state index in [1.807, 2.05) is 6.07 Å². The summed E-state index contributed by atoms with van der Waals surface area (Å²) < 4.78 is 27.4. The van der Waals surface area contributed by atoms with Crippen LogP contribution in [0.3, 0.4) is 0 Å². The molecule has 2 aromatic rings. The third-order valence-corrected chi connectivity index (χ3v) is 4.55. The van der Waals surface area contributed by atoms with Crippen LogP contribution in [0.1, 0.15) is 0 Å². The zero-order valence-corrected chi connectivity index (χ0v) is 10.9. The Balaban J connectivity index is 2.51. The van der Waals surface area contributed by atoms with E-state index in [0.717, 1.165) is 0 Å². The smallest absolute Gasteiger partial charge is 0.283 e. The topological polar surface area (TPSA) is 81.2 Å². The van der Waals surface area contributed by atoms with Gasteiger partial charge in [0, 0.05) is 14.1 Å². The van der Waals surface area contributed by atoms with Crippen LogP contribution in [0.2, 0.25) is 0 Å². The molecule has 0 amide bonds. The van der Waals surface area contributed by atoms with Gasteiger partial charge in [0.1, 0.15) is 0 Å². The molecule has 1 aromatic heterocycles. The second-order valence-corrected chi connectivity index (χ2v) is 5.74. The first-order valence-corrected chi connectivity index (χ1v) is 6.69. The lowest BCUT2D eigenvalue weighted by molar-refractivity contribution is 0.585. The maximum Gasteiger partial charge on any atom is 0.283 e. The van der Waals surface area contributed by atoms with Gasteiger partial charge >= 0.3 is 0 Å². The van der Waals surface area contributed by atoms with Crippen LogP contribution < -0.4 is 10.0 Å². The molecular formula is C11H14N4O2S. The number of imidazole rings is 1. The largest absolute Gasteiger partial charge is 0.381 e. The van der Waals surface area contributed by atoms with Crippen molar-refractivity contribution < 1.29 is 8.42 Å². The number of aromatic nitrogens is 2. The van der Waals surface area contributed by atoms with Gasteiger partial charge in [0.2, 0.25) is 0 Å². The Bertz CT molecular complexity index is 629. The molecule has 2 rings (SSSR count). The maximum atomic E-state index is 12.4. The van der Waals surface area contributed by atoms with Crippen molar-refractivity contribution in [2.75, 3.05) is 17.1 Å². The minimum absolute atomic E-state index is 0.000260. The van der Waals surface area contributed by atoms with Gasteiger partial charge in [-0.2, -0.15) is 8.42 Å². The third-order valence-electron chi connectivity index (χ3n) is 2.63. The summed E-state index contributed by atoms with van der Waals surface area (Å²) in [6, 6.07) is 8.79. The maximum absolute atomic E-state index is 12.4. The van der Waals surface area contributed by atoms with Gasteiger partial charge in [-0.05, 0) is 12.1 Å². The van der Waals surface area contributed by atoms with Crippen molar-refractivity contribution in [3.63, 3.8) is 0 Å². The summed E-state index contributed by atoms with van der Waals surface area (Å²) in [4.78, 5) is 3.79. The number of hydrogen-bond donors (Lipinski definition) is 1. The van der Waals surface area contributed by atoms with Crippen molar-refractivity contribution in [2.45, 2.75) is 5.03 Å². The van der Waals surface area contributed by atoms with Crippen LogP contribution in [0, 0.1) is 0 Å². The van der Waals surface area contributed by atoms with E-state index in [9.17, 15) is 8.42 Å². The Morgan fingerprint density at radius 3 is 2.39 bits per heavy atom. The van der Waals surface area contributed by atoms with Crippen LogP contribution in [0.25, 0.3) is 0 Å². The average Bonchev–Trinajstić information content (AvgIpc) is 2.69. The number of benzene rings is 1. The fourth-order valence-electron chi connectivity index (χ4n) is 1.66. The number of nitrogens with zero attached hydrogens (tertiary/aromatic N) is 3. The summed E-state index contributed by atoms with van der Waals surface area (Å²) >= 11 is 0. The van der Waals surface area contributed by atoms with Crippen molar-refractivity contribution >= 4 is 21.5 Å². The normalized spacial score (nSPS) is 11.4. The highest BCUT2D eigenvalue weighted by Gasteiger charge is 2.27. The summed E-state index contributed by atoms with van der Waals surface area (Å²) in [6.07, 6.45) is 1.38. The fourth-order valence-corrected chi connectivity index (χ4v) is 3.04. The first kappa shape index (κ1) is 12.4. The summed E-state index contributed by atoms with van der Waals surface area (Å²) in [5.74, 6) is 0.000260. The standard InChI is InChI=1S/C11H14N4O2S/c1-14-8-13-10(12)11(14)18(16,17)15(2)9-6-4-3-5-7-9/h3-8H,12H2,1-2H3. The van der Waals surface area contributed by atoms with Gasteiger partial charge < -0.3 is 10.3 Å². The van der Waals surface area contributed by atoms with Crippen molar-refractivity contribution in [2.24, 2.45) is 7.05 Å². The molecule has 2 N–H and O–H groups in total. The molecular weight excluding hydrogens is 252 g/mol. The summed E-state index contributed by atoms with van der Waals surface area (Å²) in [6.45, 7) is 0. The van der Waals surface area contributed by atoms with Crippen LogP contribution >= 0.6 is 0 Å². The van der Waals surface area contributed by atoms with Gasteiger partial charge in [0.05, 0.1) is 12.0 Å². The number of sulfonamides is 1. The lowest BCUT2D eigenvalue weighted by Crippen LogP contribution is -2.28. The second kappa shape index (κ2) is 4.34. The molecule has 7 heteroatoms. The van der Waals surface area contributed by atoms with Crippen molar-refractivity contribution in [3.05, 3.63) is 36.7 Å². The lowest BCUT2D eigenvalue weighted by Gasteiger charge is -2.19. The molecule has 0 radical (unpaired) electrons. The van der Waals surface area contributed by atoms with Gasteiger partial charge in [-0.1, -0.05) is 18.2 Å². The van der Waals surface area contributed by atoms with Crippen molar-refractivity contribution in [1.82, 2.24) is 9.55 Å². The van der Waals surface area contributed by atoms with E-state index in [1.165, 1.54) is 22.2 Å². The van der Waals surface area contributed by atoms with E-state index in [0.29, 0.717) is 5.69 Å². The molecule has 0 spiro atoms. The molecule has 0 unspecified atom stereocenters. The van der Waals surface area contributed by atoms with Crippen LogP contribution in [0.5, 0.6) is 0 Å². The van der Waals surface area contributed by atoms with E-state index in [1.54, 1.807) is 31.3 Å². The minimum atomic E-state index is -3.70. The minimum Gasteiger partial charge on any atom is -0.381 e. The summed E-state index contributed by atoms with van der Waals surface area (Å²) in [7, 11) is -0.626. The van der Waals surface area contributed by atoms with Crippen LogP contribution in [-0.2, 0) is 17.1 Å². The molecule has 0 bridgehead atoms. The highest BCUT2D eigenvalue weighted by molar-refractivity contribution is 7.92. The SMILES string of the molecule is CN(c1ccccc1)S(=O)(=O)c1c(N)ncn1C. The Labute approximate surface area is 106 Å². The number of anilines is 2. The molecule has 6 nitrogen and oxygen atoms in total. The Kier molecular flexibility index (Phi) is 3.00. The molecule has 0 saturated heterocycles. The molecule has 96 valence electrons. The summed E-state index contributed by atoms with van der Waals surface area (Å²) in [5, 5.41) is -0.00569. The Morgan fingerprint density at radius 2 is 1.89 bits per heavy atom. The molecule has 18 heavy (non-hydrogen) atoms. The predicted octanol–water partition coefficient (Wildman–Crippen LogP) is 0.827. The molecule has 0 fully saturated rings. The van der Waals surface area contributed by atoms with E-state index < -0.39 is 10.0 Å². The molecule has 0 aliphatic carbocycles. The van der Waals surface area contributed by atoms with E-state index in [-0.39, 0.29) is 10.8 Å². The van der Waals surface area contributed by atoms with Crippen LogP contribution in [0.15, 0.2) is 41.7 Å². The lowest BCUT2D eigenvalue weighted by atomic mass is 10.3. The van der Waals surface area contributed by atoms with E-state index >= 15 is 0 Å². The monoisotopic (exact) mass is 266 g/mol. The first-order chi connectivity index (χ1) is 8.44. The van der Waals surface area contributed by atoms with Gasteiger partial charge in [0.15, 0.2) is 10.8 Å². The third kappa shape index (κ3) is 1.92. The zero-order chi connectivity index (χ0) is 13.3. The van der Waals surface area contributed by atoms with Crippen LogP contribution in [0.4, 0.5) is 11.5 Å². The van der Waals surface area contributed by atoms with Crippen molar-refractivity contribution in [1.29, 1.82) is 0 Å². The van der Waals surface area contributed by atoms with Gasteiger partial charge in [-0.15, -0.1) is 0 Å². The van der Waals surface area contributed by atoms with Gasteiger partial charge in [-0.3, -0.25) is 4.31 Å². The number of hydrogen-bond acceptors (Lipinski definition) is 4. The van der Waals surface area contributed by atoms with Gasteiger partial charge in [0.25, 0.3) is 10.0 Å². The summed E-state index contributed by atoms with van der Waals surface area (Å²) in [5.41, 5.74) is 6.17. The molecule has 0 aliphatic heterocycles. The Morgan fingerprint density at radius 1 is 1.28 bits per heavy atom. The first-order valence-electron chi connectivity index (χ1n) is 5.25. The zero-order valence-electron chi connectivity index (χ0n) is 10.1. The number of nitrogen functional groups attached to an aromatic ring is 1. The van der Waals surface area contributed by atoms with Gasteiger partial charge in [-0.25, -0.2) is 4.98 Å². The quantitative estimate of drug-likeness (QED) is 0.892.